The molecule has 0 fully saturated rings. The first-order valence-corrected chi connectivity index (χ1v) is 10.4. The molecule has 31 heavy (non-hydrogen) atoms. The average Bonchev–Trinajstić information content (AvgIpc) is 3.41. The highest BCUT2D eigenvalue weighted by Gasteiger charge is 2.27. The fourth-order valence-electron chi connectivity index (χ4n) is 4.59. The van der Waals surface area contributed by atoms with E-state index >= 15 is 0 Å². The van der Waals surface area contributed by atoms with Crippen molar-refractivity contribution in [3.8, 4) is 17.2 Å². The molecule has 7 nitrogen and oxygen atoms in total. The Balaban J connectivity index is 1.48. The molecule has 1 aliphatic rings. The van der Waals surface area contributed by atoms with E-state index in [1.807, 2.05) is 30.3 Å². The highest BCUT2D eigenvalue weighted by molar-refractivity contribution is 6.01. The largest absolute Gasteiger partial charge is 0.497 e. The van der Waals surface area contributed by atoms with Gasteiger partial charge in [-0.1, -0.05) is 0 Å². The Bertz CT molecular complexity index is 1250. The summed E-state index contributed by atoms with van der Waals surface area (Å²) in [4.78, 5) is 19.9. The van der Waals surface area contributed by atoms with Crippen LogP contribution in [0.4, 0.5) is 0 Å². The third-order valence-corrected chi connectivity index (χ3v) is 6.12. The molecule has 2 heterocycles. The monoisotopic (exact) mass is 419 g/mol. The summed E-state index contributed by atoms with van der Waals surface area (Å²) >= 11 is 0. The summed E-state index contributed by atoms with van der Waals surface area (Å²) in [6.07, 6.45) is 2.88. The molecule has 1 atom stereocenters. The van der Waals surface area contributed by atoms with E-state index in [-0.39, 0.29) is 11.9 Å². The smallest absolute Gasteiger partial charge is 0.268 e. The maximum Gasteiger partial charge on any atom is 0.268 e. The molecule has 0 saturated heterocycles. The molecule has 2 aromatic heterocycles. The number of H-pyrrole nitrogens is 2. The van der Waals surface area contributed by atoms with Gasteiger partial charge in [0.05, 0.1) is 32.9 Å². The van der Waals surface area contributed by atoms with E-state index in [9.17, 15) is 4.79 Å². The van der Waals surface area contributed by atoms with Gasteiger partial charge in [0.1, 0.15) is 22.9 Å². The van der Waals surface area contributed by atoms with Crippen molar-refractivity contribution in [1.82, 2.24) is 15.3 Å². The van der Waals surface area contributed by atoms with Gasteiger partial charge < -0.3 is 29.5 Å². The van der Waals surface area contributed by atoms with Gasteiger partial charge in [0.25, 0.3) is 5.91 Å². The molecule has 160 valence electrons. The molecule has 0 saturated carbocycles. The van der Waals surface area contributed by atoms with Crippen molar-refractivity contribution in [1.29, 1.82) is 0 Å². The first kappa shape index (κ1) is 19.4. The number of aromatic amines is 2. The summed E-state index contributed by atoms with van der Waals surface area (Å²) < 4.78 is 16.3. The number of aryl methyl sites for hydroxylation is 1. The third kappa shape index (κ3) is 3.17. The second-order valence-corrected chi connectivity index (χ2v) is 7.79. The summed E-state index contributed by atoms with van der Waals surface area (Å²) in [5, 5.41) is 5.18. The minimum absolute atomic E-state index is 0.0788. The van der Waals surface area contributed by atoms with E-state index < -0.39 is 0 Å². The lowest BCUT2D eigenvalue weighted by Crippen LogP contribution is -2.31. The van der Waals surface area contributed by atoms with Crippen molar-refractivity contribution < 1.29 is 19.0 Å². The molecule has 0 spiro atoms. The lowest BCUT2D eigenvalue weighted by molar-refractivity contribution is 0.0927. The van der Waals surface area contributed by atoms with Gasteiger partial charge >= 0.3 is 0 Å². The number of aromatic nitrogens is 2. The van der Waals surface area contributed by atoms with Crippen molar-refractivity contribution in [3.63, 3.8) is 0 Å². The van der Waals surface area contributed by atoms with E-state index in [4.69, 9.17) is 14.2 Å². The van der Waals surface area contributed by atoms with Gasteiger partial charge in [-0.25, -0.2) is 0 Å². The van der Waals surface area contributed by atoms with Gasteiger partial charge in [0, 0.05) is 22.0 Å². The Kier molecular flexibility index (Phi) is 4.73. The number of hydrogen-bond acceptors (Lipinski definition) is 4. The lowest BCUT2D eigenvalue weighted by atomic mass is 9.91. The number of rotatable bonds is 5. The Morgan fingerprint density at radius 1 is 0.968 bits per heavy atom. The first-order valence-electron chi connectivity index (χ1n) is 10.4. The van der Waals surface area contributed by atoms with Crippen LogP contribution in [0.5, 0.6) is 17.2 Å². The molecule has 2 aromatic carbocycles. The Morgan fingerprint density at radius 2 is 1.77 bits per heavy atom. The van der Waals surface area contributed by atoms with Crippen molar-refractivity contribution in [2.24, 2.45) is 0 Å². The number of carbonyl (C=O) groups excluding carboxylic acids is 1. The Labute approximate surface area is 179 Å². The molecule has 0 bridgehead atoms. The van der Waals surface area contributed by atoms with Crippen molar-refractivity contribution in [3.05, 3.63) is 53.3 Å². The molecule has 0 aliphatic heterocycles. The second-order valence-electron chi connectivity index (χ2n) is 7.79. The number of hydrogen-bond donors (Lipinski definition) is 3. The van der Waals surface area contributed by atoms with Crippen LogP contribution in [0.2, 0.25) is 0 Å². The lowest BCUT2D eigenvalue weighted by Gasteiger charge is -2.23. The standard InChI is InChI=1S/C24H25N3O4/c1-29-13-7-8-17-15(11-13)14-5-4-6-18(22(14)25-17)27-24(28)19-12-16-20(30-2)9-10-21(31-3)23(16)26-19/h7-12,18,25-26H,4-6H2,1-3H3,(H,27,28). The zero-order valence-corrected chi connectivity index (χ0v) is 17.8. The maximum atomic E-state index is 13.1. The van der Waals surface area contributed by atoms with Gasteiger partial charge in [-0.05, 0) is 61.2 Å². The number of ether oxygens (including phenoxy) is 3. The van der Waals surface area contributed by atoms with Crippen LogP contribution in [0, 0.1) is 0 Å². The number of benzene rings is 2. The van der Waals surface area contributed by atoms with Crippen LogP contribution in [0.3, 0.4) is 0 Å². The van der Waals surface area contributed by atoms with Crippen molar-refractivity contribution in [2.75, 3.05) is 21.3 Å². The summed E-state index contributed by atoms with van der Waals surface area (Å²) in [5.41, 5.74) is 4.61. The molecule has 1 unspecified atom stereocenters. The number of fused-ring (bicyclic) bond motifs is 4. The van der Waals surface area contributed by atoms with Gasteiger partial charge in [-0.3, -0.25) is 4.79 Å². The van der Waals surface area contributed by atoms with E-state index in [1.54, 1.807) is 21.3 Å². The van der Waals surface area contributed by atoms with E-state index in [1.165, 1.54) is 5.56 Å². The summed E-state index contributed by atoms with van der Waals surface area (Å²) in [6.45, 7) is 0. The van der Waals surface area contributed by atoms with Crippen LogP contribution in [0.25, 0.3) is 21.8 Å². The van der Waals surface area contributed by atoms with Gasteiger partial charge in [-0.15, -0.1) is 0 Å². The fraction of sp³-hybridized carbons (Fsp3) is 0.292. The summed E-state index contributed by atoms with van der Waals surface area (Å²) in [5.74, 6) is 2.03. The molecule has 1 aliphatic carbocycles. The number of carbonyl (C=O) groups is 1. The molecule has 5 rings (SSSR count). The Hall–Kier alpha value is -3.61. The number of methoxy groups -OCH3 is 3. The summed E-state index contributed by atoms with van der Waals surface area (Å²) in [7, 11) is 4.90. The predicted octanol–water partition coefficient (Wildman–Crippen LogP) is 4.48. The second kappa shape index (κ2) is 7.58. The van der Waals surface area contributed by atoms with E-state index in [0.717, 1.165) is 52.5 Å². The minimum atomic E-state index is -0.158. The van der Waals surface area contributed by atoms with E-state index in [0.29, 0.717) is 17.2 Å². The SMILES string of the molecule is COc1ccc2[nH]c3c(c2c1)CCCC3NC(=O)c1cc2c(OC)ccc(OC)c2[nH]1. The van der Waals surface area contributed by atoms with Crippen LogP contribution in [0.1, 0.15) is 40.6 Å². The Morgan fingerprint density at radius 3 is 2.55 bits per heavy atom. The van der Waals surface area contributed by atoms with Gasteiger partial charge in [0.15, 0.2) is 0 Å². The third-order valence-electron chi connectivity index (χ3n) is 6.12. The number of amides is 1. The van der Waals surface area contributed by atoms with Crippen LogP contribution in [-0.2, 0) is 6.42 Å². The maximum absolute atomic E-state index is 13.1. The number of nitrogens with one attached hydrogen (secondary N) is 3. The molecule has 0 radical (unpaired) electrons. The molecular formula is C24H25N3O4. The van der Waals surface area contributed by atoms with Crippen molar-refractivity contribution in [2.45, 2.75) is 25.3 Å². The molecular weight excluding hydrogens is 394 g/mol. The molecule has 7 heteroatoms. The normalized spacial score (nSPS) is 15.6. The zero-order chi connectivity index (χ0) is 21.5. The highest BCUT2D eigenvalue weighted by atomic mass is 16.5. The quantitative estimate of drug-likeness (QED) is 0.445. The van der Waals surface area contributed by atoms with Gasteiger partial charge in [0.2, 0.25) is 0 Å². The zero-order valence-electron chi connectivity index (χ0n) is 17.8. The van der Waals surface area contributed by atoms with Crippen LogP contribution in [0.15, 0.2) is 36.4 Å². The van der Waals surface area contributed by atoms with E-state index in [2.05, 4.69) is 21.4 Å². The molecule has 3 N–H and O–H groups in total. The minimum Gasteiger partial charge on any atom is -0.497 e. The highest BCUT2D eigenvalue weighted by Crippen LogP contribution is 2.37. The topological polar surface area (TPSA) is 88.4 Å². The summed E-state index contributed by atoms with van der Waals surface area (Å²) in [6, 6.07) is 11.4. The fourth-order valence-corrected chi connectivity index (χ4v) is 4.59. The van der Waals surface area contributed by atoms with Gasteiger partial charge in [-0.2, -0.15) is 0 Å². The first-order chi connectivity index (χ1) is 15.1. The van der Waals surface area contributed by atoms with Crippen LogP contribution in [-0.4, -0.2) is 37.2 Å². The average molecular weight is 419 g/mol. The molecule has 4 aromatic rings. The predicted molar refractivity (Wildman–Crippen MR) is 119 cm³/mol. The van der Waals surface area contributed by atoms with Crippen LogP contribution < -0.4 is 19.5 Å². The van der Waals surface area contributed by atoms with Crippen molar-refractivity contribution >= 4 is 27.7 Å². The van der Waals surface area contributed by atoms with Crippen LogP contribution >= 0.6 is 0 Å². The molecule has 1 amide bonds.